The second-order valence-corrected chi connectivity index (χ2v) is 20.2. The highest BCUT2D eigenvalue weighted by molar-refractivity contribution is 6.08. The van der Waals surface area contributed by atoms with Gasteiger partial charge in [-0.3, -0.25) is 29.0 Å². The third-order valence-corrected chi connectivity index (χ3v) is 13.0. The number of nitrogens with zero attached hydrogens (tertiary/aromatic N) is 2. The maximum Gasteiger partial charge on any atom is 0.260 e. The number of carbonyl (C=O) groups is 4. The molecule has 0 saturated carbocycles. The Labute approximate surface area is 395 Å². The van der Waals surface area contributed by atoms with Crippen LogP contribution in [0.25, 0.3) is 0 Å². The van der Waals surface area contributed by atoms with Gasteiger partial charge < -0.3 is 11.5 Å². The normalized spacial score (nSPS) is 12.5. The van der Waals surface area contributed by atoms with Crippen molar-refractivity contribution in [3.8, 4) is 0 Å². The van der Waals surface area contributed by atoms with Gasteiger partial charge in [0.1, 0.15) is 0 Å². The van der Waals surface area contributed by atoms with E-state index < -0.39 is 23.9 Å². The van der Waals surface area contributed by atoms with Gasteiger partial charge in [0.05, 0.1) is 12.1 Å². The van der Waals surface area contributed by atoms with Gasteiger partial charge in [-0.1, -0.05) is 234 Å². The molecule has 0 aliphatic rings. The quantitative estimate of drug-likeness (QED) is 0.0629. The molecule has 0 fully saturated rings. The fourth-order valence-corrected chi connectivity index (χ4v) is 8.94. The lowest BCUT2D eigenvalue weighted by Crippen LogP contribution is -2.48. The zero-order valence-electron chi connectivity index (χ0n) is 42.8. The standard InChI is InChI=1S/C56H102N4O4/c1-7-9-11-13-15-17-19-21-23-25-27-29-31-33-35-37-43-59(55(63)51(57)45-47(3)4)53(61)49-39-41-50(42-40-49)54(62)60(56(64)52(58)46-48(5)6)44-38-36-34-32-30-28-26-24-22-20-18-16-14-12-10-8-2/h39-42,47-48,51-52H,7-38,43-46,57-58H2,1-6H3/t51-,52-/m0/s1. The predicted molar refractivity (Wildman–Crippen MR) is 272 cm³/mol. The minimum absolute atomic E-state index is 0.218. The fourth-order valence-electron chi connectivity index (χ4n) is 8.94. The Hall–Kier alpha value is -2.58. The van der Waals surface area contributed by atoms with Crippen LogP contribution in [0.4, 0.5) is 0 Å². The van der Waals surface area contributed by atoms with E-state index >= 15 is 0 Å². The smallest absolute Gasteiger partial charge is 0.260 e. The van der Waals surface area contributed by atoms with E-state index in [1.54, 1.807) is 24.3 Å². The first kappa shape index (κ1) is 59.4. The molecule has 0 aliphatic carbocycles. The summed E-state index contributed by atoms with van der Waals surface area (Å²) in [5.41, 5.74) is 13.4. The summed E-state index contributed by atoms with van der Waals surface area (Å²) in [4.78, 5) is 57.8. The molecule has 0 saturated heterocycles. The summed E-state index contributed by atoms with van der Waals surface area (Å²) in [5.74, 6) is -1.07. The number of nitrogens with two attached hydrogens (primary N) is 2. The van der Waals surface area contributed by atoms with Crippen LogP contribution < -0.4 is 11.5 Å². The SMILES string of the molecule is CCCCCCCCCCCCCCCCCCN(C(=O)c1ccc(C(=O)N(CCCCCCCCCCCCCCCCCC)C(=O)[C@@H](N)CC(C)C)cc1)C(=O)[C@@H](N)CC(C)C. The molecule has 0 radical (unpaired) electrons. The fraction of sp³-hybridized carbons (Fsp3) is 0.821. The maximum absolute atomic E-state index is 13.9. The molecule has 8 nitrogen and oxygen atoms in total. The van der Waals surface area contributed by atoms with E-state index in [1.165, 1.54) is 177 Å². The summed E-state index contributed by atoms with van der Waals surface area (Å²) < 4.78 is 0. The Kier molecular flexibility index (Phi) is 36.8. The number of amides is 4. The molecule has 8 heteroatoms. The second kappa shape index (κ2) is 39.6. The molecular weight excluding hydrogens is 793 g/mol. The van der Waals surface area contributed by atoms with Gasteiger partial charge in [-0.2, -0.15) is 0 Å². The van der Waals surface area contributed by atoms with E-state index in [-0.39, 0.29) is 23.7 Å². The second-order valence-electron chi connectivity index (χ2n) is 20.2. The Morgan fingerprint density at radius 2 is 0.578 bits per heavy atom. The molecule has 4 amide bonds. The van der Waals surface area contributed by atoms with Crippen molar-refractivity contribution in [2.45, 2.75) is 272 Å². The van der Waals surface area contributed by atoms with E-state index in [0.717, 1.165) is 38.5 Å². The van der Waals surface area contributed by atoms with Crippen molar-refractivity contribution in [2.75, 3.05) is 13.1 Å². The third kappa shape index (κ3) is 29.1. The average Bonchev–Trinajstić information content (AvgIpc) is 3.27. The van der Waals surface area contributed by atoms with Crippen molar-refractivity contribution in [2.24, 2.45) is 23.3 Å². The molecule has 0 bridgehead atoms. The highest BCUT2D eigenvalue weighted by Crippen LogP contribution is 2.19. The van der Waals surface area contributed by atoms with Gasteiger partial charge in [-0.05, 0) is 61.8 Å². The number of rotatable bonds is 42. The van der Waals surface area contributed by atoms with E-state index in [9.17, 15) is 19.2 Å². The minimum Gasteiger partial charge on any atom is -0.320 e. The van der Waals surface area contributed by atoms with Crippen LogP contribution >= 0.6 is 0 Å². The van der Waals surface area contributed by atoms with Crippen LogP contribution in [0.5, 0.6) is 0 Å². The van der Waals surface area contributed by atoms with Crippen LogP contribution in [0.15, 0.2) is 24.3 Å². The monoisotopic (exact) mass is 895 g/mol. The Morgan fingerprint density at radius 3 is 0.781 bits per heavy atom. The summed E-state index contributed by atoms with van der Waals surface area (Å²) in [7, 11) is 0. The summed E-state index contributed by atoms with van der Waals surface area (Å²) in [5, 5.41) is 0. The van der Waals surface area contributed by atoms with Crippen LogP contribution in [-0.2, 0) is 9.59 Å². The van der Waals surface area contributed by atoms with Crippen molar-refractivity contribution >= 4 is 23.6 Å². The molecule has 0 spiro atoms. The molecule has 0 aliphatic heterocycles. The Bertz CT molecular complexity index is 1220. The van der Waals surface area contributed by atoms with Gasteiger partial charge >= 0.3 is 0 Å². The minimum atomic E-state index is -0.759. The number of benzene rings is 1. The van der Waals surface area contributed by atoms with Crippen LogP contribution in [-0.4, -0.2) is 58.6 Å². The lowest BCUT2D eigenvalue weighted by molar-refractivity contribution is -0.131. The van der Waals surface area contributed by atoms with Crippen LogP contribution in [0, 0.1) is 11.8 Å². The molecule has 1 aromatic rings. The lowest BCUT2D eigenvalue weighted by atomic mass is 10.0. The van der Waals surface area contributed by atoms with E-state index in [0.29, 0.717) is 37.1 Å². The van der Waals surface area contributed by atoms with E-state index in [1.807, 2.05) is 27.7 Å². The predicted octanol–water partition coefficient (Wildman–Crippen LogP) is 14.9. The van der Waals surface area contributed by atoms with E-state index in [4.69, 9.17) is 11.5 Å². The number of unbranched alkanes of at least 4 members (excludes halogenated alkanes) is 30. The van der Waals surface area contributed by atoms with Gasteiger partial charge in [0.2, 0.25) is 11.8 Å². The number of hydrogen-bond donors (Lipinski definition) is 2. The topological polar surface area (TPSA) is 127 Å². The van der Waals surface area contributed by atoms with Crippen molar-refractivity contribution < 1.29 is 19.2 Å². The summed E-state index contributed by atoms with van der Waals surface area (Å²) in [6, 6.07) is 4.88. The zero-order valence-corrected chi connectivity index (χ0v) is 42.8. The van der Waals surface area contributed by atoms with Crippen LogP contribution in [0.2, 0.25) is 0 Å². The number of hydrogen-bond acceptors (Lipinski definition) is 6. The molecule has 1 aromatic carbocycles. The average molecular weight is 895 g/mol. The number of carbonyl (C=O) groups excluding carboxylic acids is 4. The first-order valence-electron chi connectivity index (χ1n) is 27.3. The first-order chi connectivity index (χ1) is 30.9. The largest absolute Gasteiger partial charge is 0.320 e. The maximum atomic E-state index is 13.9. The zero-order chi connectivity index (χ0) is 47.2. The molecule has 0 unspecified atom stereocenters. The summed E-state index contributed by atoms with van der Waals surface area (Å²) >= 11 is 0. The Balaban J connectivity index is 2.70. The molecular formula is C56H102N4O4. The van der Waals surface area contributed by atoms with Crippen molar-refractivity contribution in [1.29, 1.82) is 0 Å². The highest BCUT2D eigenvalue weighted by atomic mass is 16.2. The summed E-state index contributed by atoms with van der Waals surface area (Å²) in [6.45, 7) is 13.3. The molecule has 0 aromatic heterocycles. The van der Waals surface area contributed by atoms with Crippen LogP contribution in [0.3, 0.4) is 0 Å². The van der Waals surface area contributed by atoms with E-state index in [2.05, 4.69) is 13.8 Å². The number of imide groups is 2. The molecule has 370 valence electrons. The Morgan fingerprint density at radius 1 is 0.375 bits per heavy atom. The highest BCUT2D eigenvalue weighted by Gasteiger charge is 2.30. The van der Waals surface area contributed by atoms with Crippen molar-refractivity contribution in [3.63, 3.8) is 0 Å². The van der Waals surface area contributed by atoms with Gasteiger partial charge in [0.25, 0.3) is 11.8 Å². The third-order valence-electron chi connectivity index (χ3n) is 13.0. The van der Waals surface area contributed by atoms with Gasteiger partial charge in [-0.25, -0.2) is 0 Å². The molecule has 4 N–H and O–H groups in total. The molecule has 1 rings (SSSR count). The van der Waals surface area contributed by atoms with Crippen LogP contribution in [0.1, 0.15) is 281 Å². The summed E-state index contributed by atoms with van der Waals surface area (Å²) in [6.07, 6.45) is 41.1. The first-order valence-corrected chi connectivity index (χ1v) is 27.3. The van der Waals surface area contributed by atoms with Crippen molar-refractivity contribution in [3.05, 3.63) is 35.4 Å². The van der Waals surface area contributed by atoms with Gasteiger partial charge in [-0.15, -0.1) is 0 Å². The van der Waals surface area contributed by atoms with Gasteiger partial charge in [0, 0.05) is 24.2 Å². The molecule has 0 heterocycles. The van der Waals surface area contributed by atoms with Crippen molar-refractivity contribution in [1.82, 2.24) is 9.80 Å². The molecule has 64 heavy (non-hydrogen) atoms. The lowest BCUT2D eigenvalue weighted by Gasteiger charge is -2.26. The molecule has 2 atom stereocenters. The van der Waals surface area contributed by atoms with Gasteiger partial charge in [0.15, 0.2) is 0 Å².